The van der Waals surface area contributed by atoms with Crippen LogP contribution in [-0.4, -0.2) is 49.6 Å². The van der Waals surface area contributed by atoms with Gasteiger partial charge in [0, 0.05) is 25.2 Å². The maximum atomic E-state index is 12.2. The topological polar surface area (TPSA) is 58.6 Å². The third kappa shape index (κ3) is 2.20. The molecule has 2 rings (SSSR count). The van der Waals surface area contributed by atoms with Crippen LogP contribution in [0.15, 0.2) is 11.1 Å². The monoisotopic (exact) mass is 238 g/mol. The van der Waals surface area contributed by atoms with E-state index in [1.165, 1.54) is 7.11 Å². The minimum Gasteiger partial charge on any atom is -0.467 e. The second kappa shape index (κ2) is 4.87. The first-order chi connectivity index (χ1) is 8.15. The highest BCUT2D eigenvalue weighted by molar-refractivity contribution is 5.97. The van der Waals surface area contributed by atoms with Crippen molar-refractivity contribution in [2.75, 3.05) is 26.7 Å². The molecular weight excluding hydrogens is 220 g/mol. The standard InChI is InChI=1S/C12H18N2O3/c1-8(9-6-13-7-9)11(15)14-5-3-4-10(14)12(16)17-2/h10,13H,3-7H2,1-2H3. The largest absolute Gasteiger partial charge is 0.467 e. The van der Waals surface area contributed by atoms with Gasteiger partial charge in [-0.3, -0.25) is 4.79 Å². The van der Waals surface area contributed by atoms with Gasteiger partial charge in [0.15, 0.2) is 0 Å². The fraction of sp³-hybridized carbons (Fsp3) is 0.667. The summed E-state index contributed by atoms with van der Waals surface area (Å²) in [7, 11) is 1.37. The van der Waals surface area contributed by atoms with Crippen molar-refractivity contribution < 1.29 is 14.3 Å². The molecule has 94 valence electrons. The van der Waals surface area contributed by atoms with Crippen LogP contribution >= 0.6 is 0 Å². The van der Waals surface area contributed by atoms with E-state index in [-0.39, 0.29) is 11.9 Å². The van der Waals surface area contributed by atoms with E-state index in [0.717, 1.165) is 30.7 Å². The fourth-order valence-corrected chi connectivity index (χ4v) is 2.27. The zero-order chi connectivity index (χ0) is 12.4. The molecule has 2 aliphatic rings. The number of hydrogen-bond donors (Lipinski definition) is 1. The Morgan fingerprint density at radius 2 is 2.12 bits per heavy atom. The van der Waals surface area contributed by atoms with Gasteiger partial charge in [-0.15, -0.1) is 0 Å². The fourth-order valence-electron chi connectivity index (χ4n) is 2.27. The minimum absolute atomic E-state index is 0.0191. The maximum absolute atomic E-state index is 12.2. The SMILES string of the molecule is COC(=O)C1CCCN1C(=O)C(C)=C1CNC1. The van der Waals surface area contributed by atoms with Crippen molar-refractivity contribution in [3.05, 3.63) is 11.1 Å². The molecule has 0 bridgehead atoms. The van der Waals surface area contributed by atoms with Gasteiger partial charge in [0.2, 0.25) is 5.91 Å². The molecule has 1 atom stereocenters. The summed E-state index contributed by atoms with van der Waals surface area (Å²) in [6.45, 7) is 4.06. The van der Waals surface area contributed by atoms with Crippen LogP contribution in [0.3, 0.4) is 0 Å². The molecule has 1 N–H and O–H groups in total. The molecule has 0 radical (unpaired) electrons. The summed E-state index contributed by atoms with van der Waals surface area (Å²) in [5.41, 5.74) is 1.92. The van der Waals surface area contributed by atoms with Gasteiger partial charge in [-0.05, 0) is 25.3 Å². The number of nitrogens with zero attached hydrogens (tertiary/aromatic N) is 1. The number of ether oxygens (including phenoxy) is 1. The second-order valence-electron chi connectivity index (χ2n) is 4.51. The van der Waals surface area contributed by atoms with Gasteiger partial charge >= 0.3 is 5.97 Å². The van der Waals surface area contributed by atoms with E-state index >= 15 is 0 Å². The van der Waals surface area contributed by atoms with E-state index in [4.69, 9.17) is 4.74 Å². The second-order valence-corrected chi connectivity index (χ2v) is 4.51. The Morgan fingerprint density at radius 3 is 2.65 bits per heavy atom. The molecule has 2 saturated heterocycles. The summed E-state index contributed by atoms with van der Waals surface area (Å²) in [6, 6.07) is -0.393. The van der Waals surface area contributed by atoms with E-state index in [2.05, 4.69) is 5.32 Å². The lowest BCUT2D eigenvalue weighted by Gasteiger charge is -2.27. The van der Waals surface area contributed by atoms with Crippen LogP contribution in [0, 0.1) is 0 Å². The lowest BCUT2D eigenvalue weighted by Crippen LogP contribution is -2.43. The summed E-state index contributed by atoms with van der Waals surface area (Å²) in [5, 5.41) is 3.11. The van der Waals surface area contributed by atoms with Gasteiger partial charge in [-0.1, -0.05) is 0 Å². The summed E-state index contributed by atoms with van der Waals surface area (Å²) < 4.78 is 4.73. The molecule has 5 heteroatoms. The highest BCUT2D eigenvalue weighted by Gasteiger charge is 2.35. The van der Waals surface area contributed by atoms with Crippen molar-refractivity contribution in [1.29, 1.82) is 0 Å². The molecule has 0 aromatic rings. The zero-order valence-electron chi connectivity index (χ0n) is 10.3. The smallest absolute Gasteiger partial charge is 0.328 e. The lowest BCUT2D eigenvalue weighted by atomic mass is 10.0. The molecule has 0 aromatic heterocycles. The molecular formula is C12H18N2O3. The first-order valence-corrected chi connectivity index (χ1v) is 5.93. The first-order valence-electron chi connectivity index (χ1n) is 5.93. The molecule has 2 fully saturated rings. The average Bonchev–Trinajstić information content (AvgIpc) is 2.73. The van der Waals surface area contributed by atoms with Crippen LogP contribution in [0.2, 0.25) is 0 Å². The number of likely N-dealkylation sites (tertiary alicyclic amines) is 1. The zero-order valence-corrected chi connectivity index (χ0v) is 10.3. The van der Waals surface area contributed by atoms with Gasteiger partial charge in [-0.2, -0.15) is 0 Å². The number of carbonyl (C=O) groups is 2. The number of esters is 1. The molecule has 2 heterocycles. The van der Waals surface area contributed by atoms with E-state index in [1.54, 1.807) is 4.90 Å². The van der Waals surface area contributed by atoms with E-state index < -0.39 is 6.04 Å². The number of rotatable bonds is 2. The summed E-state index contributed by atoms with van der Waals surface area (Å²) >= 11 is 0. The van der Waals surface area contributed by atoms with E-state index in [9.17, 15) is 9.59 Å². The molecule has 5 nitrogen and oxygen atoms in total. The first kappa shape index (κ1) is 12.1. The Morgan fingerprint density at radius 1 is 1.41 bits per heavy atom. The highest BCUT2D eigenvalue weighted by Crippen LogP contribution is 2.22. The van der Waals surface area contributed by atoms with Crippen molar-refractivity contribution in [3.63, 3.8) is 0 Å². The molecule has 17 heavy (non-hydrogen) atoms. The van der Waals surface area contributed by atoms with Crippen LogP contribution in [0.5, 0.6) is 0 Å². The quantitative estimate of drug-likeness (QED) is 0.546. The number of hydrogen-bond acceptors (Lipinski definition) is 4. The summed E-state index contributed by atoms with van der Waals surface area (Å²) in [5.74, 6) is -0.324. The van der Waals surface area contributed by atoms with E-state index in [1.807, 2.05) is 6.92 Å². The predicted molar refractivity (Wildman–Crippen MR) is 62.3 cm³/mol. The van der Waals surface area contributed by atoms with Gasteiger partial charge in [0.1, 0.15) is 6.04 Å². The van der Waals surface area contributed by atoms with Crippen LogP contribution in [-0.2, 0) is 14.3 Å². The average molecular weight is 238 g/mol. The Kier molecular flexibility index (Phi) is 3.47. The Bertz CT molecular complexity index is 370. The minimum atomic E-state index is -0.393. The molecule has 0 spiro atoms. The van der Waals surface area contributed by atoms with Crippen LogP contribution in [0.25, 0.3) is 0 Å². The van der Waals surface area contributed by atoms with Crippen molar-refractivity contribution in [2.24, 2.45) is 0 Å². The Hall–Kier alpha value is -1.36. The number of methoxy groups -OCH3 is 1. The van der Waals surface area contributed by atoms with Crippen molar-refractivity contribution in [2.45, 2.75) is 25.8 Å². The molecule has 1 unspecified atom stereocenters. The summed E-state index contributed by atoms with van der Waals surface area (Å²) in [6.07, 6.45) is 1.58. The van der Waals surface area contributed by atoms with E-state index in [0.29, 0.717) is 13.0 Å². The van der Waals surface area contributed by atoms with Crippen LogP contribution in [0.4, 0.5) is 0 Å². The van der Waals surface area contributed by atoms with Gasteiger partial charge in [0.05, 0.1) is 7.11 Å². The Labute approximate surface area is 101 Å². The van der Waals surface area contributed by atoms with Gasteiger partial charge in [0.25, 0.3) is 0 Å². The van der Waals surface area contributed by atoms with Gasteiger partial charge in [-0.25, -0.2) is 4.79 Å². The maximum Gasteiger partial charge on any atom is 0.328 e. The molecule has 2 aliphatic heterocycles. The van der Waals surface area contributed by atoms with Crippen LogP contribution < -0.4 is 5.32 Å². The van der Waals surface area contributed by atoms with Crippen molar-refractivity contribution >= 4 is 11.9 Å². The van der Waals surface area contributed by atoms with Crippen LogP contribution in [0.1, 0.15) is 19.8 Å². The molecule has 0 saturated carbocycles. The summed E-state index contributed by atoms with van der Waals surface area (Å²) in [4.78, 5) is 25.4. The van der Waals surface area contributed by atoms with Crippen molar-refractivity contribution in [3.8, 4) is 0 Å². The lowest BCUT2D eigenvalue weighted by molar-refractivity contribution is -0.149. The third-order valence-corrected chi connectivity index (χ3v) is 3.51. The number of nitrogens with one attached hydrogen (secondary N) is 1. The normalized spacial score (nSPS) is 23.3. The molecule has 0 aromatic carbocycles. The number of carbonyl (C=O) groups excluding carboxylic acids is 2. The van der Waals surface area contributed by atoms with Gasteiger partial charge < -0.3 is 15.0 Å². The Balaban J connectivity index is 2.10. The number of amides is 1. The third-order valence-electron chi connectivity index (χ3n) is 3.51. The highest BCUT2D eigenvalue weighted by atomic mass is 16.5. The van der Waals surface area contributed by atoms with Crippen molar-refractivity contribution in [1.82, 2.24) is 10.2 Å². The predicted octanol–water partition coefficient (Wildman–Crippen LogP) is 0.0701. The molecule has 0 aliphatic carbocycles. The molecule has 1 amide bonds.